The average Bonchev–Trinajstić information content (AvgIpc) is 2.94. The molecule has 0 fully saturated rings. The lowest BCUT2D eigenvalue weighted by atomic mass is 9.97. The number of ether oxygens (including phenoxy) is 1. The minimum atomic E-state index is -0.692. The van der Waals surface area contributed by atoms with E-state index in [1.54, 1.807) is 20.8 Å². The quantitative estimate of drug-likeness (QED) is 0.641. The number of amides is 1. The predicted molar refractivity (Wildman–Crippen MR) is 105 cm³/mol. The number of rotatable bonds is 7. The number of hydrogen-bond acceptors (Lipinski definition) is 4. The number of carbonyl (C=O) groups excluding carboxylic acids is 2. The highest BCUT2D eigenvalue weighted by molar-refractivity contribution is 5.96. The third kappa shape index (κ3) is 4.77. The molecule has 0 unspecified atom stereocenters. The lowest BCUT2D eigenvalue weighted by molar-refractivity contribution is -0.119. The molecule has 0 saturated heterocycles. The molecule has 1 heterocycles. The Morgan fingerprint density at radius 3 is 2.48 bits per heavy atom. The molecule has 0 saturated carbocycles. The van der Waals surface area contributed by atoms with Crippen LogP contribution in [0.1, 0.15) is 72.1 Å². The second-order valence-electron chi connectivity index (χ2n) is 6.86. The molecule has 2 atom stereocenters. The Morgan fingerprint density at radius 1 is 1.22 bits per heavy atom. The highest BCUT2D eigenvalue weighted by atomic mass is 16.5. The summed E-state index contributed by atoms with van der Waals surface area (Å²) in [4.78, 5) is 27.5. The zero-order valence-electron chi connectivity index (χ0n) is 16.6. The molecule has 0 aliphatic heterocycles. The molecule has 1 amide bonds. The topological polar surface area (TPSA) is 91.4 Å². The standard InChI is InChI=1S/C21H28N2O4/c1-6-12(2)16-9-7-8-10-17(16)23-18(25)11-27-21(26)20-13(3)19(15(5)24)14(4)22-20/h7-10,12,15,22,24H,6,11H2,1-5H3,(H,23,25)/t12-,15-/m0/s1. The van der Waals surface area contributed by atoms with Crippen LogP contribution in [0, 0.1) is 13.8 Å². The fourth-order valence-corrected chi connectivity index (χ4v) is 3.25. The molecule has 0 spiro atoms. The Hall–Kier alpha value is -2.60. The maximum Gasteiger partial charge on any atom is 0.355 e. The number of aromatic nitrogens is 1. The number of para-hydroxylation sites is 1. The maximum absolute atomic E-state index is 12.3. The summed E-state index contributed by atoms with van der Waals surface area (Å²) in [5, 5.41) is 12.6. The number of anilines is 1. The molecule has 2 rings (SSSR count). The van der Waals surface area contributed by atoms with Crippen LogP contribution in [0.5, 0.6) is 0 Å². The van der Waals surface area contributed by atoms with Gasteiger partial charge in [-0.15, -0.1) is 0 Å². The number of aromatic amines is 1. The van der Waals surface area contributed by atoms with Crippen LogP contribution in [0.2, 0.25) is 0 Å². The first kappa shape index (κ1) is 20.7. The SMILES string of the molecule is CC[C@H](C)c1ccccc1NC(=O)COC(=O)c1[nH]c(C)c([C@H](C)O)c1C. The van der Waals surface area contributed by atoms with Crippen LogP contribution in [0.15, 0.2) is 24.3 Å². The van der Waals surface area contributed by atoms with Crippen LogP contribution < -0.4 is 5.32 Å². The fraction of sp³-hybridized carbons (Fsp3) is 0.429. The van der Waals surface area contributed by atoms with Crippen molar-refractivity contribution in [3.63, 3.8) is 0 Å². The number of aryl methyl sites for hydroxylation is 1. The van der Waals surface area contributed by atoms with Gasteiger partial charge in [0.15, 0.2) is 6.61 Å². The van der Waals surface area contributed by atoms with E-state index in [9.17, 15) is 14.7 Å². The third-order valence-electron chi connectivity index (χ3n) is 4.83. The Labute approximate surface area is 159 Å². The summed E-state index contributed by atoms with van der Waals surface area (Å²) in [5.74, 6) is -0.698. The predicted octanol–water partition coefficient (Wildman–Crippen LogP) is 3.99. The molecule has 1 aromatic carbocycles. The Bertz CT molecular complexity index is 824. The number of hydrogen-bond donors (Lipinski definition) is 3. The van der Waals surface area contributed by atoms with Crippen LogP contribution in [0.25, 0.3) is 0 Å². The first-order valence-electron chi connectivity index (χ1n) is 9.19. The van der Waals surface area contributed by atoms with Gasteiger partial charge in [0.1, 0.15) is 5.69 Å². The molecule has 27 heavy (non-hydrogen) atoms. The molecule has 0 bridgehead atoms. The molecule has 146 valence electrons. The van der Waals surface area contributed by atoms with E-state index in [0.29, 0.717) is 22.7 Å². The van der Waals surface area contributed by atoms with Crippen molar-refractivity contribution in [3.8, 4) is 0 Å². The monoisotopic (exact) mass is 372 g/mol. The van der Waals surface area contributed by atoms with Crippen LogP contribution >= 0.6 is 0 Å². The molecule has 6 heteroatoms. The van der Waals surface area contributed by atoms with E-state index in [-0.39, 0.29) is 12.3 Å². The highest BCUT2D eigenvalue weighted by Crippen LogP contribution is 2.27. The van der Waals surface area contributed by atoms with Gasteiger partial charge in [-0.05, 0) is 50.3 Å². The smallest absolute Gasteiger partial charge is 0.355 e. The van der Waals surface area contributed by atoms with Gasteiger partial charge in [-0.2, -0.15) is 0 Å². The zero-order valence-corrected chi connectivity index (χ0v) is 16.6. The van der Waals surface area contributed by atoms with Gasteiger partial charge in [0.25, 0.3) is 5.91 Å². The molecular formula is C21H28N2O4. The van der Waals surface area contributed by atoms with Gasteiger partial charge in [-0.25, -0.2) is 4.79 Å². The van der Waals surface area contributed by atoms with E-state index in [4.69, 9.17) is 4.74 Å². The van der Waals surface area contributed by atoms with E-state index >= 15 is 0 Å². The van der Waals surface area contributed by atoms with Crippen molar-refractivity contribution in [1.29, 1.82) is 0 Å². The fourth-order valence-electron chi connectivity index (χ4n) is 3.25. The van der Waals surface area contributed by atoms with E-state index in [1.807, 2.05) is 24.3 Å². The van der Waals surface area contributed by atoms with Gasteiger partial charge in [-0.3, -0.25) is 4.79 Å². The first-order valence-corrected chi connectivity index (χ1v) is 9.19. The van der Waals surface area contributed by atoms with Gasteiger partial charge in [0.2, 0.25) is 0 Å². The third-order valence-corrected chi connectivity index (χ3v) is 4.83. The molecule has 1 aromatic heterocycles. The van der Waals surface area contributed by atoms with Gasteiger partial charge in [0.05, 0.1) is 6.10 Å². The van der Waals surface area contributed by atoms with Crippen molar-refractivity contribution in [2.24, 2.45) is 0 Å². The second-order valence-corrected chi connectivity index (χ2v) is 6.86. The molecule has 6 nitrogen and oxygen atoms in total. The molecule has 0 radical (unpaired) electrons. The highest BCUT2D eigenvalue weighted by Gasteiger charge is 2.21. The van der Waals surface area contributed by atoms with Crippen molar-refractivity contribution in [3.05, 3.63) is 52.3 Å². The second kappa shape index (κ2) is 8.86. The Balaban J connectivity index is 2.03. The Kier molecular flexibility index (Phi) is 6.80. The first-order chi connectivity index (χ1) is 12.8. The summed E-state index contributed by atoms with van der Waals surface area (Å²) in [6.45, 7) is 8.97. The van der Waals surface area contributed by atoms with E-state index < -0.39 is 18.0 Å². The van der Waals surface area contributed by atoms with Gasteiger partial charge < -0.3 is 20.1 Å². The van der Waals surface area contributed by atoms with Crippen LogP contribution in [-0.4, -0.2) is 28.6 Å². The summed E-state index contributed by atoms with van der Waals surface area (Å²) < 4.78 is 5.15. The lowest BCUT2D eigenvalue weighted by Crippen LogP contribution is -2.22. The van der Waals surface area contributed by atoms with Crippen molar-refractivity contribution < 1.29 is 19.4 Å². The molecule has 0 aliphatic rings. The van der Waals surface area contributed by atoms with Crippen molar-refractivity contribution in [2.75, 3.05) is 11.9 Å². The number of H-pyrrole nitrogens is 1. The van der Waals surface area contributed by atoms with Crippen molar-refractivity contribution >= 4 is 17.6 Å². The number of aliphatic hydroxyl groups excluding tert-OH is 1. The number of nitrogens with one attached hydrogen (secondary N) is 2. The summed E-state index contributed by atoms with van der Waals surface area (Å²) in [6.07, 6.45) is 0.266. The van der Waals surface area contributed by atoms with Crippen LogP contribution in [-0.2, 0) is 9.53 Å². The summed E-state index contributed by atoms with van der Waals surface area (Å²) in [7, 11) is 0. The minimum Gasteiger partial charge on any atom is -0.451 e. The zero-order chi connectivity index (χ0) is 20.1. The number of carbonyl (C=O) groups is 2. The Morgan fingerprint density at radius 2 is 1.89 bits per heavy atom. The van der Waals surface area contributed by atoms with E-state index in [2.05, 4.69) is 24.1 Å². The minimum absolute atomic E-state index is 0.260. The summed E-state index contributed by atoms with van der Waals surface area (Å²) >= 11 is 0. The number of benzene rings is 1. The normalized spacial score (nSPS) is 13.1. The summed E-state index contributed by atoms with van der Waals surface area (Å²) in [5.41, 5.74) is 4.06. The lowest BCUT2D eigenvalue weighted by Gasteiger charge is -2.15. The maximum atomic E-state index is 12.3. The molecule has 0 aliphatic carbocycles. The number of aliphatic hydroxyl groups is 1. The van der Waals surface area contributed by atoms with Gasteiger partial charge in [-0.1, -0.05) is 32.0 Å². The van der Waals surface area contributed by atoms with Crippen molar-refractivity contribution in [1.82, 2.24) is 4.98 Å². The number of esters is 1. The average molecular weight is 372 g/mol. The summed E-state index contributed by atoms with van der Waals surface area (Å²) in [6, 6.07) is 7.62. The van der Waals surface area contributed by atoms with E-state index in [0.717, 1.165) is 17.7 Å². The molecular weight excluding hydrogens is 344 g/mol. The van der Waals surface area contributed by atoms with Gasteiger partial charge in [0, 0.05) is 16.9 Å². The van der Waals surface area contributed by atoms with E-state index in [1.165, 1.54) is 0 Å². The van der Waals surface area contributed by atoms with Crippen LogP contribution in [0.4, 0.5) is 5.69 Å². The largest absolute Gasteiger partial charge is 0.451 e. The van der Waals surface area contributed by atoms with Crippen LogP contribution in [0.3, 0.4) is 0 Å². The van der Waals surface area contributed by atoms with Gasteiger partial charge >= 0.3 is 5.97 Å². The molecule has 3 N–H and O–H groups in total. The van der Waals surface area contributed by atoms with Crippen molar-refractivity contribution in [2.45, 2.75) is 53.1 Å². The molecule has 2 aromatic rings.